The molecule has 4 aromatic rings. The molecule has 1 N–H and O–H groups in total. The van der Waals surface area contributed by atoms with Gasteiger partial charge in [-0.2, -0.15) is 0 Å². The molecule has 0 unspecified atom stereocenters. The van der Waals surface area contributed by atoms with Gasteiger partial charge in [-0.25, -0.2) is 4.98 Å². The molecule has 0 bridgehead atoms. The van der Waals surface area contributed by atoms with E-state index in [0.29, 0.717) is 10.6 Å². The van der Waals surface area contributed by atoms with Crippen LogP contribution in [-0.2, 0) is 5.75 Å². The molecule has 3 aromatic carbocycles. The fourth-order valence-electron chi connectivity index (χ4n) is 2.61. The van der Waals surface area contributed by atoms with Crippen LogP contribution in [0.5, 0.6) is 0 Å². The minimum atomic E-state index is -0.220. The monoisotopic (exact) mass is 536 g/mol. The minimum Gasteiger partial charge on any atom is -0.322 e. The van der Waals surface area contributed by atoms with Gasteiger partial charge in [-0.3, -0.25) is 4.79 Å². The molecular weight excluding hydrogens is 523 g/mol. The predicted molar refractivity (Wildman–Crippen MR) is 128 cm³/mol. The Morgan fingerprint density at radius 2 is 1.89 bits per heavy atom. The number of amides is 1. The van der Waals surface area contributed by atoms with E-state index in [4.69, 9.17) is 11.6 Å². The molecule has 7 heteroatoms. The third-order valence-electron chi connectivity index (χ3n) is 4.02. The number of benzene rings is 3. The summed E-state index contributed by atoms with van der Waals surface area (Å²) in [5.41, 5.74) is 3.40. The normalized spacial score (nSPS) is 10.9. The highest BCUT2D eigenvalue weighted by Gasteiger charge is 2.11. The maximum Gasteiger partial charge on any atom is 0.257 e. The van der Waals surface area contributed by atoms with E-state index in [2.05, 4.69) is 57.2 Å². The van der Waals surface area contributed by atoms with Crippen LogP contribution in [0.25, 0.3) is 10.2 Å². The van der Waals surface area contributed by atoms with E-state index in [1.165, 1.54) is 9.13 Å². The number of aromatic nitrogens is 1. The second-order valence-electron chi connectivity index (χ2n) is 6.01. The molecule has 140 valence electrons. The number of fused-ring (bicyclic) bond motifs is 1. The van der Waals surface area contributed by atoms with Gasteiger partial charge in [0.2, 0.25) is 0 Å². The van der Waals surface area contributed by atoms with Gasteiger partial charge in [-0.15, -0.1) is 11.3 Å². The number of hydrogen-bond acceptors (Lipinski definition) is 4. The number of carbonyl (C=O) groups excluding carboxylic acids is 1. The Kier molecular flexibility index (Phi) is 6.20. The van der Waals surface area contributed by atoms with Gasteiger partial charge in [0.25, 0.3) is 5.91 Å². The summed E-state index contributed by atoms with van der Waals surface area (Å²) in [5.74, 6) is 0.662. The quantitative estimate of drug-likeness (QED) is 0.218. The minimum absolute atomic E-state index is 0.220. The molecule has 0 fully saturated rings. The Balaban J connectivity index is 1.47. The molecule has 0 atom stereocenters. The predicted octanol–water partition coefficient (Wildman–Crippen LogP) is 7.10. The molecule has 3 nitrogen and oxygen atoms in total. The lowest BCUT2D eigenvalue weighted by atomic mass is 10.2. The Morgan fingerprint density at radius 3 is 2.68 bits per heavy atom. The molecule has 1 heterocycles. The van der Waals surface area contributed by atoms with Gasteiger partial charge in [-0.05, 0) is 70.6 Å². The van der Waals surface area contributed by atoms with Crippen LogP contribution in [0.4, 0.5) is 5.69 Å². The van der Waals surface area contributed by atoms with Gasteiger partial charge in [0.15, 0.2) is 4.34 Å². The molecule has 0 radical (unpaired) electrons. The van der Waals surface area contributed by atoms with E-state index in [1.807, 2.05) is 18.2 Å². The highest BCUT2D eigenvalue weighted by molar-refractivity contribution is 14.1. The average Bonchev–Trinajstić information content (AvgIpc) is 3.10. The van der Waals surface area contributed by atoms with Gasteiger partial charge in [0, 0.05) is 15.0 Å². The van der Waals surface area contributed by atoms with E-state index in [0.717, 1.165) is 26.0 Å². The molecule has 0 aliphatic heterocycles. The molecule has 0 saturated heterocycles. The van der Waals surface area contributed by atoms with E-state index < -0.39 is 0 Å². The number of carbonyl (C=O) groups is 1. The van der Waals surface area contributed by atoms with Crippen molar-refractivity contribution in [2.24, 2.45) is 0 Å². The topological polar surface area (TPSA) is 42.0 Å². The first-order valence-corrected chi connectivity index (χ1v) is 11.7. The molecule has 1 amide bonds. The zero-order valence-corrected chi connectivity index (χ0v) is 19.0. The van der Waals surface area contributed by atoms with Crippen LogP contribution >= 0.6 is 57.3 Å². The summed E-state index contributed by atoms with van der Waals surface area (Å²) < 4.78 is 3.29. The lowest BCUT2D eigenvalue weighted by Gasteiger charge is -2.06. The zero-order chi connectivity index (χ0) is 19.5. The van der Waals surface area contributed by atoms with Crippen molar-refractivity contribution in [3.05, 3.63) is 86.4 Å². The highest BCUT2D eigenvalue weighted by Crippen LogP contribution is 2.33. The maximum absolute atomic E-state index is 12.4. The number of nitrogens with one attached hydrogen (secondary N) is 1. The number of hydrogen-bond donors (Lipinski definition) is 1. The number of anilines is 1. The van der Waals surface area contributed by atoms with Gasteiger partial charge in [0.05, 0.1) is 20.8 Å². The van der Waals surface area contributed by atoms with Crippen molar-refractivity contribution >= 4 is 79.1 Å². The van der Waals surface area contributed by atoms with Gasteiger partial charge >= 0.3 is 0 Å². The summed E-state index contributed by atoms with van der Waals surface area (Å²) in [6.45, 7) is 0. The summed E-state index contributed by atoms with van der Waals surface area (Å²) in [6.07, 6.45) is 0. The maximum atomic E-state index is 12.4. The number of thiazole rings is 1. The number of halogens is 2. The van der Waals surface area contributed by atoms with Crippen molar-refractivity contribution in [3.8, 4) is 0 Å². The summed E-state index contributed by atoms with van der Waals surface area (Å²) >= 11 is 11.8. The number of nitrogens with zero attached hydrogens (tertiary/aromatic N) is 1. The standard InChI is InChI=1S/C21H14ClIN2OS2/c22-17-4-2-1-3-16(17)20(26)24-15-9-10-18-19(11-15)28-21(25-18)27-12-13-5-7-14(23)8-6-13/h1-11H,12H2,(H,24,26). The third kappa shape index (κ3) is 4.68. The van der Waals surface area contributed by atoms with Crippen molar-refractivity contribution in [3.63, 3.8) is 0 Å². The Bertz CT molecular complexity index is 1140. The van der Waals surface area contributed by atoms with Crippen molar-refractivity contribution in [2.45, 2.75) is 10.1 Å². The molecule has 0 saturated carbocycles. The molecule has 28 heavy (non-hydrogen) atoms. The van der Waals surface area contributed by atoms with Crippen molar-refractivity contribution in [2.75, 3.05) is 5.32 Å². The van der Waals surface area contributed by atoms with Crippen molar-refractivity contribution in [1.29, 1.82) is 0 Å². The second kappa shape index (κ2) is 8.82. The van der Waals surface area contributed by atoms with Crippen LogP contribution < -0.4 is 5.32 Å². The first-order valence-electron chi connectivity index (χ1n) is 8.42. The van der Waals surface area contributed by atoms with E-state index >= 15 is 0 Å². The van der Waals surface area contributed by atoms with Crippen LogP contribution in [0.1, 0.15) is 15.9 Å². The van der Waals surface area contributed by atoms with Crippen LogP contribution in [0.2, 0.25) is 5.02 Å². The summed E-state index contributed by atoms with van der Waals surface area (Å²) in [6, 6.07) is 21.3. The average molecular weight is 537 g/mol. The molecule has 0 spiro atoms. The third-order valence-corrected chi connectivity index (χ3v) is 7.30. The molecule has 0 aliphatic rings. The van der Waals surface area contributed by atoms with E-state index in [-0.39, 0.29) is 5.91 Å². The second-order valence-corrected chi connectivity index (χ2v) is 9.92. The Labute approximate surface area is 189 Å². The largest absolute Gasteiger partial charge is 0.322 e. The van der Waals surface area contributed by atoms with Crippen LogP contribution in [0.3, 0.4) is 0 Å². The Morgan fingerprint density at radius 1 is 1.11 bits per heavy atom. The fraction of sp³-hybridized carbons (Fsp3) is 0.0476. The van der Waals surface area contributed by atoms with Gasteiger partial charge < -0.3 is 5.32 Å². The zero-order valence-electron chi connectivity index (χ0n) is 14.5. The van der Waals surface area contributed by atoms with Gasteiger partial charge in [0.1, 0.15) is 0 Å². The lowest BCUT2D eigenvalue weighted by Crippen LogP contribution is -2.12. The summed E-state index contributed by atoms with van der Waals surface area (Å²) in [7, 11) is 0. The highest BCUT2D eigenvalue weighted by atomic mass is 127. The molecule has 1 aromatic heterocycles. The van der Waals surface area contributed by atoms with Gasteiger partial charge in [-0.1, -0.05) is 47.6 Å². The first-order chi connectivity index (χ1) is 13.6. The smallest absolute Gasteiger partial charge is 0.257 e. The first kappa shape index (κ1) is 19.7. The number of thioether (sulfide) groups is 1. The van der Waals surface area contributed by atoms with Crippen LogP contribution in [0, 0.1) is 3.57 Å². The van der Waals surface area contributed by atoms with Crippen LogP contribution in [-0.4, -0.2) is 10.9 Å². The fourth-order valence-corrected chi connectivity index (χ4v) is 5.26. The summed E-state index contributed by atoms with van der Waals surface area (Å²) in [5, 5.41) is 3.35. The van der Waals surface area contributed by atoms with E-state index in [9.17, 15) is 4.79 Å². The number of rotatable bonds is 5. The van der Waals surface area contributed by atoms with Crippen molar-refractivity contribution < 1.29 is 4.79 Å². The Hall–Kier alpha value is -1.61. The van der Waals surface area contributed by atoms with Crippen LogP contribution in [0.15, 0.2) is 71.1 Å². The molecule has 4 rings (SSSR count). The van der Waals surface area contributed by atoms with E-state index in [1.54, 1.807) is 47.4 Å². The molecular formula is C21H14ClIN2OS2. The summed E-state index contributed by atoms with van der Waals surface area (Å²) in [4.78, 5) is 17.1. The van der Waals surface area contributed by atoms with Crippen molar-refractivity contribution in [1.82, 2.24) is 4.98 Å². The molecule has 0 aliphatic carbocycles. The lowest BCUT2D eigenvalue weighted by molar-refractivity contribution is 0.102. The SMILES string of the molecule is O=C(Nc1ccc2nc(SCc3ccc(I)cc3)sc2c1)c1ccccc1Cl.